The lowest BCUT2D eigenvalue weighted by Gasteiger charge is -1.94. The van der Waals surface area contributed by atoms with Crippen molar-refractivity contribution in [2.75, 3.05) is 0 Å². The van der Waals surface area contributed by atoms with Crippen molar-refractivity contribution in [3.63, 3.8) is 0 Å². The van der Waals surface area contributed by atoms with Crippen LogP contribution in [0.25, 0.3) is 6.08 Å². The predicted octanol–water partition coefficient (Wildman–Crippen LogP) is 3.03. The van der Waals surface area contributed by atoms with Gasteiger partial charge in [-0.3, -0.25) is 0 Å². The summed E-state index contributed by atoms with van der Waals surface area (Å²) in [6.45, 7) is 1.78. The first kappa shape index (κ1) is 10.7. The normalized spacial score (nSPS) is 13.9. The van der Waals surface area contributed by atoms with Crippen LogP contribution >= 0.6 is 0 Å². The zero-order valence-electron chi connectivity index (χ0n) is 8.43. The molecule has 1 aromatic rings. The summed E-state index contributed by atoms with van der Waals surface area (Å²) in [7, 11) is 0. The maximum absolute atomic E-state index is 8.99. The van der Waals surface area contributed by atoms with Crippen molar-refractivity contribution in [3.05, 3.63) is 54.1 Å². The molecule has 74 valence electrons. The van der Waals surface area contributed by atoms with Crippen molar-refractivity contribution in [3.8, 4) is 0 Å². The third-order valence-electron chi connectivity index (χ3n) is 1.81. The van der Waals surface area contributed by atoms with Crippen LogP contribution in [-0.2, 0) is 0 Å². The molecule has 0 saturated carbocycles. The van der Waals surface area contributed by atoms with Gasteiger partial charge in [0.05, 0.1) is 6.10 Å². The molecule has 0 bridgehead atoms. The average molecular weight is 188 g/mol. The molecule has 1 atom stereocenters. The molecule has 0 heterocycles. The van der Waals surface area contributed by atoms with Crippen molar-refractivity contribution >= 4 is 6.08 Å². The van der Waals surface area contributed by atoms with E-state index in [4.69, 9.17) is 5.11 Å². The molecule has 0 fully saturated rings. The molecule has 1 aromatic carbocycles. The topological polar surface area (TPSA) is 20.2 Å². The Morgan fingerprint density at radius 2 is 1.93 bits per heavy atom. The minimum atomic E-state index is -0.253. The van der Waals surface area contributed by atoms with Crippen molar-refractivity contribution in [2.45, 2.75) is 19.4 Å². The van der Waals surface area contributed by atoms with Gasteiger partial charge >= 0.3 is 0 Å². The summed E-state index contributed by atoms with van der Waals surface area (Å²) >= 11 is 0. The summed E-state index contributed by atoms with van der Waals surface area (Å²) in [5.74, 6) is 0. The third-order valence-corrected chi connectivity index (χ3v) is 1.81. The molecular formula is C13H16O. The van der Waals surface area contributed by atoms with Crippen LogP contribution in [0.1, 0.15) is 18.9 Å². The summed E-state index contributed by atoms with van der Waals surface area (Å²) in [5, 5.41) is 8.99. The molecule has 0 aliphatic carbocycles. The Bertz CT molecular complexity index is 296. The van der Waals surface area contributed by atoms with Crippen LogP contribution < -0.4 is 0 Å². The van der Waals surface area contributed by atoms with E-state index in [1.54, 1.807) is 6.92 Å². The Kier molecular flexibility index (Phi) is 4.73. The predicted molar refractivity (Wildman–Crippen MR) is 60.9 cm³/mol. The molecule has 0 amide bonds. The summed E-state index contributed by atoms with van der Waals surface area (Å²) in [6.07, 6.45) is 8.40. The highest BCUT2D eigenvalue weighted by Gasteiger charge is 1.86. The number of allylic oxidation sites excluding steroid dienone is 2. The van der Waals surface area contributed by atoms with Gasteiger partial charge in [-0.05, 0) is 18.9 Å². The molecule has 0 aliphatic rings. The Balaban J connectivity index is 2.38. The number of aliphatic hydroxyl groups excluding tert-OH is 1. The fourth-order valence-electron chi connectivity index (χ4n) is 1.08. The number of hydrogen-bond donors (Lipinski definition) is 1. The van der Waals surface area contributed by atoms with Crippen LogP contribution in [0.4, 0.5) is 0 Å². The van der Waals surface area contributed by atoms with Gasteiger partial charge in [0.25, 0.3) is 0 Å². The Morgan fingerprint density at radius 3 is 2.57 bits per heavy atom. The molecule has 0 aliphatic heterocycles. The van der Waals surface area contributed by atoms with Gasteiger partial charge < -0.3 is 5.11 Å². The Labute approximate surface area is 85.4 Å². The van der Waals surface area contributed by atoms with Crippen molar-refractivity contribution in [1.82, 2.24) is 0 Å². The molecule has 0 unspecified atom stereocenters. The summed E-state index contributed by atoms with van der Waals surface area (Å²) in [4.78, 5) is 0. The monoisotopic (exact) mass is 188 g/mol. The van der Waals surface area contributed by atoms with E-state index in [2.05, 4.69) is 12.1 Å². The summed E-state index contributed by atoms with van der Waals surface area (Å²) in [5.41, 5.74) is 1.19. The summed E-state index contributed by atoms with van der Waals surface area (Å²) in [6, 6.07) is 10.1. The smallest absolute Gasteiger partial charge is 0.0546 e. The van der Waals surface area contributed by atoms with Gasteiger partial charge in [-0.15, -0.1) is 0 Å². The quantitative estimate of drug-likeness (QED) is 0.720. The number of aliphatic hydroxyl groups is 1. The number of rotatable bonds is 4. The van der Waals surface area contributed by atoms with Gasteiger partial charge in [0.1, 0.15) is 0 Å². The van der Waals surface area contributed by atoms with Gasteiger partial charge in [-0.25, -0.2) is 0 Å². The molecule has 0 saturated heterocycles. The van der Waals surface area contributed by atoms with Crippen molar-refractivity contribution in [2.24, 2.45) is 0 Å². The lowest BCUT2D eigenvalue weighted by molar-refractivity contribution is 0.198. The maximum atomic E-state index is 8.99. The zero-order chi connectivity index (χ0) is 10.2. The van der Waals surface area contributed by atoms with Crippen LogP contribution in [-0.4, -0.2) is 11.2 Å². The second-order valence-corrected chi connectivity index (χ2v) is 3.28. The molecule has 0 aromatic heterocycles. The van der Waals surface area contributed by atoms with Crippen LogP contribution in [0.2, 0.25) is 0 Å². The minimum Gasteiger partial charge on any atom is -0.393 e. The lowest BCUT2D eigenvalue weighted by atomic mass is 10.2. The first-order chi connectivity index (χ1) is 6.79. The highest BCUT2D eigenvalue weighted by molar-refractivity contribution is 5.50. The molecule has 1 rings (SSSR count). The van der Waals surface area contributed by atoms with Crippen molar-refractivity contribution < 1.29 is 5.11 Å². The van der Waals surface area contributed by atoms with E-state index in [-0.39, 0.29) is 6.10 Å². The van der Waals surface area contributed by atoms with Crippen LogP contribution in [0.5, 0.6) is 0 Å². The molecular weight excluding hydrogens is 172 g/mol. The van der Waals surface area contributed by atoms with Crippen LogP contribution in [0.3, 0.4) is 0 Å². The van der Waals surface area contributed by atoms with Crippen LogP contribution in [0, 0.1) is 0 Å². The largest absolute Gasteiger partial charge is 0.393 e. The Hall–Kier alpha value is -1.34. The lowest BCUT2D eigenvalue weighted by Crippen LogP contribution is -1.94. The second-order valence-electron chi connectivity index (χ2n) is 3.28. The molecule has 0 radical (unpaired) electrons. The average Bonchev–Trinajstić information content (AvgIpc) is 2.18. The molecule has 1 heteroatoms. The van der Waals surface area contributed by atoms with E-state index >= 15 is 0 Å². The van der Waals surface area contributed by atoms with Crippen molar-refractivity contribution in [1.29, 1.82) is 0 Å². The fraction of sp³-hybridized carbons (Fsp3) is 0.231. The zero-order valence-corrected chi connectivity index (χ0v) is 8.43. The van der Waals surface area contributed by atoms with E-state index in [1.807, 2.05) is 42.5 Å². The van der Waals surface area contributed by atoms with Gasteiger partial charge in [0.15, 0.2) is 0 Å². The standard InChI is InChI=1S/C13H16O/c1-12(14)8-4-2-5-9-13-10-6-3-7-11-13/h2-7,9-12,14H,8H2,1H3/b4-2-,9-5+/t12-/m1/s1. The SMILES string of the molecule is C[C@@H](O)C/C=C\C=C\c1ccccc1. The third kappa shape index (κ3) is 4.63. The maximum Gasteiger partial charge on any atom is 0.0546 e. The molecule has 1 nitrogen and oxygen atoms in total. The highest BCUT2D eigenvalue weighted by Crippen LogP contribution is 2.01. The van der Waals surface area contributed by atoms with E-state index in [0.29, 0.717) is 6.42 Å². The van der Waals surface area contributed by atoms with Gasteiger partial charge in [0.2, 0.25) is 0 Å². The molecule has 0 spiro atoms. The number of hydrogen-bond acceptors (Lipinski definition) is 1. The fourth-order valence-corrected chi connectivity index (χ4v) is 1.08. The Morgan fingerprint density at radius 1 is 1.21 bits per heavy atom. The highest BCUT2D eigenvalue weighted by atomic mass is 16.3. The van der Waals surface area contributed by atoms with E-state index in [9.17, 15) is 0 Å². The second kappa shape index (κ2) is 6.17. The van der Waals surface area contributed by atoms with E-state index in [0.717, 1.165) is 0 Å². The first-order valence-electron chi connectivity index (χ1n) is 4.85. The first-order valence-corrected chi connectivity index (χ1v) is 4.85. The van der Waals surface area contributed by atoms with Gasteiger partial charge in [0, 0.05) is 0 Å². The van der Waals surface area contributed by atoms with Crippen LogP contribution in [0.15, 0.2) is 48.6 Å². The van der Waals surface area contributed by atoms with Gasteiger partial charge in [-0.2, -0.15) is 0 Å². The number of benzene rings is 1. The minimum absolute atomic E-state index is 0.253. The summed E-state index contributed by atoms with van der Waals surface area (Å²) < 4.78 is 0. The van der Waals surface area contributed by atoms with Gasteiger partial charge in [-0.1, -0.05) is 54.6 Å². The molecule has 1 N–H and O–H groups in total. The van der Waals surface area contributed by atoms with E-state index in [1.165, 1.54) is 5.56 Å². The van der Waals surface area contributed by atoms with E-state index < -0.39 is 0 Å². The molecule has 14 heavy (non-hydrogen) atoms.